The number of rotatable bonds is 4. The summed E-state index contributed by atoms with van der Waals surface area (Å²) in [6, 6.07) is 9.31. The van der Waals surface area contributed by atoms with Crippen molar-refractivity contribution in [2.24, 2.45) is 4.40 Å². The van der Waals surface area contributed by atoms with E-state index in [2.05, 4.69) is 11.0 Å². The monoisotopic (exact) mass is 350 g/mol. The van der Waals surface area contributed by atoms with Crippen LogP contribution in [-0.2, 0) is 16.6 Å². The van der Waals surface area contributed by atoms with Crippen LogP contribution in [0.1, 0.15) is 5.56 Å². The van der Waals surface area contributed by atoms with E-state index in [0.29, 0.717) is 11.3 Å². The van der Waals surface area contributed by atoms with Crippen molar-refractivity contribution >= 4 is 42.9 Å². The zero-order valence-electron chi connectivity index (χ0n) is 11.9. The molecule has 114 valence electrons. The number of benzene rings is 1. The van der Waals surface area contributed by atoms with E-state index < -0.39 is 10.0 Å². The SMILES string of the molecule is C=CCn1c(=NS(=O)(=O)c2cccs2)sc2cc(C)ccc21. The number of thiazole rings is 1. The first-order valence-electron chi connectivity index (χ1n) is 6.57. The molecule has 0 amide bonds. The third-order valence-electron chi connectivity index (χ3n) is 3.10. The second-order valence-electron chi connectivity index (χ2n) is 4.75. The molecule has 3 rings (SSSR count). The highest BCUT2D eigenvalue weighted by Gasteiger charge is 2.15. The van der Waals surface area contributed by atoms with Gasteiger partial charge < -0.3 is 4.57 Å². The lowest BCUT2D eigenvalue weighted by Gasteiger charge is -2.01. The molecule has 0 aliphatic carbocycles. The van der Waals surface area contributed by atoms with Gasteiger partial charge in [-0.05, 0) is 36.1 Å². The first kappa shape index (κ1) is 15.2. The van der Waals surface area contributed by atoms with E-state index in [-0.39, 0.29) is 4.21 Å². The standard InChI is InChI=1S/C15H14N2O2S3/c1-3-8-17-12-7-6-11(2)10-13(12)21-15(17)16-22(18,19)14-5-4-9-20-14/h3-7,9-10H,1,8H2,2H3. The summed E-state index contributed by atoms with van der Waals surface area (Å²) in [6.07, 6.45) is 1.74. The molecule has 0 aliphatic rings. The van der Waals surface area contributed by atoms with Crippen molar-refractivity contribution in [1.82, 2.24) is 4.57 Å². The normalized spacial score (nSPS) is 12.9. The van der Waals surface area contributed by atoms with Gasteiger partial charge in [0.05, 0.1) is 10.2 Å². The van der Waals surface area contributed by atoms with E-state index in [1.807, 2.05) is 29.7 Å². The zero-order chi connectivity index (χ0) is 15.7. The van der Waals surface area contributed by atoms with E-state index in [0.717, 1.165) is 15.8 Å². The van der Waals surface area contributed by atoms with Crippen molar-refractivity contribution in [3.63, 3.8) is 0 Å². The molecule has 0 aliphatic heterocycles. The van der Waals surface area contributed by atoms with Crippen LogP contribution < -0.4 is 4.80 Å². The summed E-state index contributed by atoms with van der Waals surface area (Å²) in [6.45, 7) is 6.27. The fourth-order valence-corrected chi connectivity index (χ4v) is 5.42. The van der Waals surface area contributed by atoms with Crippen molar-refractivity contribution in [3.8, 4) is 0 Å². The third kappa shape index (κ3) is 2.79. The van der Waals surface area contributed by atoms with Crippen LogP contribution in [0, 0.1) is 6.92 Å². The molecule has 22 heavy (non-hydrogen) atoms. The van der Waals surface area contributed by atoms with Crippen LogP contribution in [0.2, 0.25) is 0 Å². The lowest BCUT2D eigenvalue weighted by molar-refractivity contribution is 0.598. The Bertz CT molecular complexity index is 993. The highest BCUT2D eigenvalue weighted by Crippen LogP contribution is 2.21. The van der Waals surface area contributed by atoms with Gasteiger partial charge in [-0.25, -0.2) is 0 Å². The fraction of sp³-hybridized carbons (Fsp3) is 0.133. The van der Waals surface area contributed by atoms with Crippen molar-refractivity contribution in [2.75, 3.05) is 0 Å². The number of sulfonamides is 1. The summed E-state index contributed by atoms with van der Waals surface area (Å²) in [7, 11) is -3.67. The molecule has 2 aromatic heterocycles. The molecule has 1 aromatic carbocycles. The maximum atomic E-state index is 12.4. The first-order chi connectivity index (χ1) is 10.5. The number of thiophene rings is 1. The minimum absolute atomic E-state index is 0.256. The van der Waals surface area contributed by atoms with Gasteiger partial charge in [-0.2, -0.15) is 8.42 Å². The number of allylic oxidation sites excluding steroid dienone is 1. The highest BCUT2D eigenvalue weighted by atomic mass is 32.2. The minimum atomic E-state index is -3.67. The van der Waals surface area contributed by atoms with E-state index in [4.69, 9.17) is 0 Å². The van der Waals surface area contributed by atoms with Crippen molar-refractivity contribution in [3.05, 3.63) is 58.7 Å². The molecule has 2 heterocycles. The summed E-state index contributed by atoms with van der Waals surface area (Å²) >= 11 is 2.55. The smallest absolute Gasteiger partial charge is 0.294 e. The Hall–Kier alpha value is -1.70. The molecular weight excluding hydrogens is 336 g/mol. The molecule has 3 aromatic rings. The Morgan fingerprint density at radius 2 is 2.18 bits per heavy atom. The molecule has 0 saturated heterocycles. The largest absolute Gasteiger partial charge is 0.312 e. The zero-order valence-corrected chi connectivity index (χ0v) is 14.3. The summed E-state index contributed by atoms with van der Waals surface area (Å²) in [5.74, 6) is 0. The van der Waals surface area contributed by atoms with Crippen LogP contribution in [0.25, 0.3) is 10.2 Å². The molecule has 0 N–H and O–H groups in total. The Balaban J connectivity index is 2.28. The van der Waals surface area contributed by atoms with Gasteiger partial charge in [0.25, 0.3) is 10.0 Å². The summed E-state index contributed by atoms with van der Waals surface area (Å²) in [5, 5.41) is 1.73. The summed E-state index contributed by atoms with van der Waals surface area (Å²) < 4.78 is 31.9. The van der Waals surface area contributed by atoms with E-state index >= 15 is 0 Å². The van der Waals surface area contributed by atoms with Gasteiger partial charge in [0.2, 0.25) is 4.80 Å². The number of aryl methyl sites for hydroxylation is 1. The maximum Gasteiger partial charge on any atom is 0.294 e. The molecule has 0 bridgehead atoms. The molecule has 0 atom stereocenters. The van der Waals surface area contributed by atoms with Crippen molar-refractivity contribution < 1.29 is 8.42 Å². The predicted octanol–water partition coefficient (Wildman–Crippen LogP) is 3.55. The molecule has 7 heteroatoms. The summed E-state index contributed by atoms with van der Waals surface area (Å²) in [5.41, 5.74) is 2.10. The van der Waals surface area contributed by atoms with Crippen LogP contribution in [0.3, 0.4) is 0 Å². The van der Waals surface area contributed by atoms with Crippen molar-refractivity contribution in [2.45, 2.75) is 17.7 Å². The number of aromatic nitrogens is 1. The second kappa shape index (κ2) is 5.83. The minimum Gasteiger partial charge on any atom is -0.312 e. The Morgan fingerprint density at radius 1 is 1.36 bits per heavy atom. The Kier molecular flexibility index (Phi) is 4.03. The molecule has 0 spiro atoms. The number of fused-ring (bicyclic) bond motifs is 1. The van der Waals surface area contributed by atoms with Crippen LogP contribution in [0.4, 0.5) is 0 Å². The third-order valence-corrected chi connectivity index (χ3v) is 6.89. The van der Waals surface area contributed by atoms with Gasteiger partial charge >= 0.3 is 0 Å². The van der Waals surface area contributed by atoms with E-state index in [9.17, 15) is 8.42 Å². The van der Waals surface area contributed by atoms with Gasteiger partial charge in [0.1, 0.15) is 4.21 Å². The molecule has 4 nitrogen and oxygen atoms in total. The molecule has 0 unspecified atom stereocenters. The van der Waals surface area contributed by atoms with Crippen LogP contribution >= 0.6 is 22.7 Å². The topological polar surface area (TPSA) is 51.4 Å². The lowest BCUT2D eigenvalue weighted by atomic mass is 10.2. The van der Waals surface area contributed by atoms with Gasteiger partial charge in [-0.3, -0.25) is 0 Å². The fourth-order valence-electron chi connectivity index (χ4n) is 2.11. The van der Waals surface area contributed by atoms with Crippen LogP contribution in [0.5, 0.6) is 0 Å². The predicted molar refractivity (Wildman–Crippen MR) is 91.8 cm³/mol. The van der Waals surface area contributed by atoms with Gasteiger partial charge in [-0.15, -0.1) is 22.3 Å². The Morgan fingerprint density at radius 3 is 2.86 bits per heavy atom. The highest BCUT2D eigenvalue weighted by molar-refractivity contribution is 7.92. The van der Waals surface area contributed by atoms with Gasteiger partial charge in [-0.1, -0.05) is 29.5 Å². The van der Waals surface area contributed by atoms with E-state index in [1.54, 1.807) is 23.6 Å². The molecule has 0 saturated carbocycles. The van der Waals surface area contributed by atoms with Crippen LogP contribution in [-0.4, -0.2) is 13.0 Å². The first-order valence-corrected chi connectivity index (χ1v) is 9.70. The number of hydrogen-bond donors (Lipinski definition) is 0. The average molecular weight is 350 g/mol. The van der Waals surface area contributed by atoms with Crippen LogP contribution in [0.15, 0.2) is 57.0 Å². The second-order valence-corrected chi connectivity index (χ2v) is 8.54. The molecule has 0 fully saturated rings. The quantitative estimate of drug-likeness (QED) is 0.676. The van der Waals surface area contributed by atoms with Gasteiger partial charge in [0, 0.05) is 6.54 Å². The van der Waals surface area contributed by atoms with Crippen molar-refractivity contribution in [1.29, 1.82) is 0 Å². The molecule has 0 radical (unpaired) electrons. The summed E-state index contributed by atoms with van der Waals surface area (Å²) in [4.78, 5) is 0.467. The number of hydrogen-bond acceptors (Lipinski definition) is 4. The average Bonchev–Trinajstić information content (AvgIpc) is 3.08. The molecular formula is C15H14N2O2S3. The van der Waals surface area contributed by atoms with E-state index in [1.165, 1.54) is 22.7 Å². The van der Waals surface area contributed by atoms with Gasteiger partial charge in [0.15, 0.2) is 0 Å². The lowest BCUT2D eigenvalue weighted by Crippen LogP contribution is -2.16. The number of nitrogens with zero attached hydrogens (tertiary/aromatic N) is 2. The maximum absolute atomic E-state index is 12.4. The Labute approximate surface area is 136 Å².